The van der Waals surface area contributed by atoms with E-state index in [0.717, 1.165) is 4.90 Å². The van der Waals surface area contributed by atoms with Crippen molar-refractivity contribution in [1.29, 1.82) is 0 Å². The van der Waals surface area contributed by atoms with Crippen LogP contribution in [0.3, 0.4) is 0 Å². The number of carbonyl (C=O) groups excluding carboxylic acids is 2. The van der Waals surface area contributed by atoms with Gasteiger partial charge < -0.3 is 5.73 Å². The Morgan fingerprint density at radius 3 is 2.32 bits per heavy atom. The van der Waals surface area contributed by atoms with Crippen LogP contribution in [0.5, 0.6) is 0 Å². The standard InChI is InChI=1S/C15H11N3O4/c16-8-9-2-1-3-12-13(9)15(20)17(14(12)19)10-4-6-11(7-5-10)18(21)22/h1-7H,8,16H2. The van der Waals surface area contributed by atoms with Crippen molar-refractivity contribution in [2.75, 3.05) is 4.90 Å². The van der Waals surface area contributed by atoms with Crippen LogP contribution in [0.25, 0.3) is 0 Å². The Bertz CT molecular complexity index is 799. The van der Waals surface area contributed by atoms with E-state index in [-0.39, 0.29) is 12.2 Å². The molecule has 0 aromatic heterocycles. The van der Waals surface area contributed by atoms with E-state index in [9.17, 15) is 19.7 Å². The number of nitro benzene ring substituents is 1. The van der Waals surface area contributed by atoms with Gasteiger partial charge in [-0.25, -0.2) is 4.90 Å². The van der Waals surface area contributed by atoms with Gasteiger partial charge in [0.25, 0.3) is 17.5 Å². The van der Waals surface area contributed by atoms with Crippen LogP contribution in [0.1, 0.15) is 26.3 Å². The van der Waals surface area contributed by atoms with Crippen LogP contribution >= 0.6 is 0 Å². The molecule has 1 heterocycles. The van der Waals surface area contributed by atoms with Gasteiger partial charge in [-0.2, -0.15) is 0 Å². The predicted molar refractivity (Wildman–Crippen MR) is 78.6 cm³/mol. The Hall–Kier alpha value is -3.06. The molecule has 7 nitrogen and oxygen atoms in total. The molecule has 0 atom stereocenters. The Morgan fingerprint density at radius 1 is 1.05 bits per heavy atom. The first-order valence-corrected chi connectivity index (χ1v) is 6.50. The molecule has 0 unspecified atom stereocenters. The first-order valence-electron chi connectivity index (χ1n) is 6.50. The van der Waals surface area contributed by atoms with E-state index in [4.69, 9.17) is 5.73 Å². The minimum absolute atomic E-state index is 0.108. The maximum atomic E-state index is 12.5. The van der Waals surface area contributed by atoms with Crippen LogP contribution < -0.4 is 10.6 Å². The van der Waals surface area contributed by atoms with Crippen LogP contribution in [0, 0.1) is 10.1 Å². The average molecular weight is 297 g/mol. The molecule has 2 aromatic rings. The van der Waals surface area contributed by atoms with E-state index >= 15 is 0 Å². The Labute approximate surface area is 125 Å². The molecule has 1 aliphatic heterocycles. The normalized spacial score (nSPS) is 13.4. The summed E-state index contributed by atoms with van der Waals surface area (Å²) in [4.78, 5) is 36.1. The van der Waals surface area contributed by atoms with Crippen molar-refractivity contribution in [2.24, 2.45) is 5.73 Å². The molecule has 0 bridgehead atoms. The number of nitrogens with two attached hydrogens (primary N) is 1. The van der Waals surface area contributed by atoms with Crippen LogP contribution in [0.15, 0.2) is 42.5 Å². The molecule has 0 spiro atoms. The molecule has 0 fully saturated rings. The first kappa shape index (κ1) is 13.9. The SMILES string of the molecule is NCc1cccc2c1C(=O)N(c1ccc([N+](=O)[O-])cc1)C2=O. The Balaban J connectivity index is 2.05. The third kappa shape index (κ3) is 1.95. The number of imide groups is 1. The van der Waals surface area contributed by atoms with Gasteiger partial charge in [-0.05, 0) is 23.8 Å². The maximum Gasteiger partial charge on any atom is 0.269 e. The molecule has 1 aliphatic rings. The molecule has 0 radical (unpaired) electrons. The Morgan fingerprint density at radius 2 is 1.73 bits per heavy atom. The quantitative estimate of drug-likeness (QED) is 0.528. The van der Waals surface area contributed by atoms with Crippen molar-refractivity contribution in [1.82, 2.24) is 0 Å². The largest absolute Gasteiger partial charge is 0.326 e. The summed E-state index contributed by atoms with van der Waals surface area (Å²) in [5, 5.41) is 10.7. The van der Waals surface area contributed by atoms with Crippen molar-refractivity contribution < 1.29 is 14.5 Å². The van der Waals surface area contributed by atoms with Crippen molar-refractivity contribution in [3.05, 3.63) is 69.3 Å². The average Bonchev–Trinajstić information content (AvgIpc) is 2.79. The number of rotatable bonds is 3. The van der Waals surface area contributed by atoms with Gasteiger partial charge in [-0.15, -0.1) is 0 Å². The fraction of sp³-hybridized carbons (Fsp3) is 0.0667. The molecule has 2 amide bonds. The summed E-state index contributed by atoms with van der Waals surface area (Å²) in [5.74, 6) is -0.918. The fourth-order valence-electron chi connectivity index (χ4n) is 2.48. The van der Waals surface area contributed by atoms with Crippen LogP contribution in [0.4, 0.5) is 11.4 Å². The number of benzene rings is 2. The van der Waals surface area contributed by atoms with Crippen molar-refractivity contribution in [3.63, 3.8) is 0 Å². The number of fused-ring (bicyclic) bond motifs is 1. The number of hydrogen-bond acceptors (Lipinski definition) is 5. The lowest BCUT2D eigenvalue weighted by Gasteiger charge is -2.13. The van der Waals surface area contributed by atoms with Crippen molar-refractivity contribution in [2.45, 2.75) is 6.54 Å². The number of carbonyl (C=O) groups is 2. The number of nitro groups is 1. The highest BCUT2D eigenvalue weighted by Gasteiger charge is 2.38. The zero-order valence-electron chi connectivity index (χ0n) is 11.4. The van der Waals surface area contributed by atoms with E-state index in [1.165, 1.54) is 24.3 Å². The predicted octanol–water partition coefficient (Wildman–Crippen LogP) is 1.85. The minimum Gasteiger partial charge on any atom is -0.326 e. The van der Waals surface area contributed by atoms with Gasteiger partial charge in [0.1, 0.15) is 0 Å². The highest BCUT2D eigenvalue weighted by molar-refractivity contribution is 6.34. The summed E-state index contributed by atoms with van der Waals surface area (Å²) >= 11 is 0. The second-order valence-electron chi connectivity index (χ2n) is 4.76. The summed E-state index contributed by atoms with van der Waals surface area (Å²) in [6.07, 6.45) is 0. The summed E-state index contributed by atoms with van der Waals surface area (Å²) in [6.45, 7) is 0.149. The van der Waals surface area contributed by atoms with E-state index in [1.807, 2.05) is 0 Å². The third-order valence-corrected chi connectivity index (χ3v) is 3.54. The minimum atomic E-state index is -0.543. The van der Waals surface area contributed by atoms with Gasteiger partial charge in [0, 0.05) is 18.7 Å². The smallest absolute Gasteiger partial charge is 0.269 e. The highest BCUT2D eigenvalue weighted by atomic mass is 16.6. The first-order chi connectivity index (χ1) is 10.5. The lowest BCUT2D eigenvalue weighted by atomic mass is 10.0. The summed E-state index contributed by atoms with van der Waals surface area (Å²) in [7, 11) is 0. The summed E-state index contributed by atoms with van der Waals surface area (Å²) in [6, 6.07) is 10.2. The van der Waals surface area contributed by atoms with E-state index < -0.39 is 16.7 Å². The summed E-state index contributed by atoms with van der Waals surface area (Å²) < 4.78 is 0. The van der Waals surface area contributed by atoms with Gasteiger partial charge in [0.15, 0.2) is 0 Å². The highest BCUT2D eigenvalue weighted by Crippen LogP contribution is 2.31. The van der Waals surface area contributed by atoms with Crippen molar-refractivity contribution >= 4 is 23.2 Å². The van der Waals surface area contributed by atoms with Gasteiger partial charge in [-0.1, -0.05) is 12.1 Å². The van der Waals surface area contributed by atoms with Crippen LogP contribution in [0.2, 0.25) is 0 Å². The monoisotopic (exact) mass is 297 g/mol. The molecule has 22 heavy (non-hydrogen) atoms. The van der Waals surface area contributed by atoms with Crippen LogP contribution in [-0.4, -0.2) is 16.7 Å². The molecule has 0 saturated carbocycles. The Kier molecular flexibility index (Phi) is 3.19. The van der Waals surface area contributed by atoms with E-state index in [0.29, 0.717) is 22.4 Å². The van der Waals surface area contributed by atoms with Gasteiger partial charge in [-0.3, -0.25) is 19.7 Å². The fourth-order valence-corrected chi connectivity index (χ4v) is 2.48. The lowest BCUT2D eigenvalue weighted by molar-refractivity contribution is -0.384. The van der Waals surface area contributed by atoms with E-state index in [2.05, 4.69) is 0 Å². The molecule has 2 aromatic carbocycles. The second-order valence-corrected chi connectivity index (χ2v) is 4.76. The molecule has 2 N–H and O–H groups in total. The molecular formula is C15H11N3O4. The number of hydrogen-bond donors (Lipinski definition) is 1. The molecule has 0 aliphatic carbocycles. The summed E-state index contributed by atoms with van der Waals surface area (Å²) in [5.41, 5.74) is 6.99. The molecule has 3 rings (SSSR count). The lowest BCUT2D eigenvalue weighted by Crippen LogP contribution is -2.29. The molecule has 7 heteroatoms. The number of anilines is 1. The molecule has 110 valence electrons. The number of amides is 2. The van der Waals surface area contributed by atoms with Crippen LogP contribution in [-0.2, 0) is 6.54 Å². The zero-order valence-corrected chi connectivity index (χ0v) is 11.4. The number of non-ortho nitro benzene ring substituents is 1. The van der Waals surface area contributed by atoms with Crippen molar-refractivity contribution in [3.8, 4) is 0 Å². The van der Waals surface area contributed by atoms with Gasteiger partial charge in [0.2, 0.25) is 0 Å². The van der Waals surface area contributed by atoms with Gasteiger partial charge in [0.05, 0.1) is 21.7 Å². The van der Waals surface area contributed by atoms with E-state index in [1.54, 1.807) is 18.2 Å². The third-order valence-electron chi connectivity index (χ3n) is 3.54. The second kappa shape index (κ2) is 5.05. The maximum absolute atomic E-state index is 12.5. The zero-order chi connectivity index (χ0) is 15.9. The topological polar surface area (TPSA) is 107 Å². The molecule has 0 saturated heterocycles. The van der Waals surface area contributed by atoms with Gasteiger partial charge >= 0.3 is 0 Å². The molecular weight excluding hydrogens is 286 g/mol. The number of nitrogens with zero attached hydrogens (tertiary/aromatic N) is 2.